The Kier molecular flexibility index (Phi) is 5.06. The Morgan fingerprint density at radius 1 is 1.48 bits per heavy atom. The first-order chi connectivity index (χ1) is 9.87. The van der Waals surface area contributed by atoms with Gasteiger partial charge in [0.25, 0.3) is 0 Å². The first-order valence-corrected chi connectivity index (χ1v) is 9.11. The Morgan fingerprint density at radius 2 is 2.19 bits per heavy atom. The fourth-order valence-corrected chi connectivity index (χ4v) is 4.98. The summed E-state index contributed by atoms with van der Waals surface area (Å²) in [5.41, 5.74) is 1.21. The first-order valence-electron chi connectivity index (χ1n) is 7.67. The molecule has 0 spiro atoms. The number of aromatic nitrogens is 2. The topological polar surface area (TPSA) is 78.1 Å². The Balaban J connectivity index is 2.33. The maximum atomic E-state index is 13.0. The van der Waals surface area contributed by atoms with Gasteiger partial charge in [-0.3, -0.25) is 5.10 Å². The van der Waals surface area contributed by atoms with E-state index in [0.29, 0.717) is 29.4 Å². The number of nitrogens with one attached hydrogen (secondary N) is 2. The van der Waals surface area contributed by atoms with E-state index in [1.165, 1.54) is 0 Å². The molecule has 1 aliphatic heterocycles. The highest BCUT2D eigenvalue weighted by atomic mass is 32.2. The Labute approximate surface area is 127 Å². The quantitative estimate of drug-likeness (QED) is 0.839. The van der Waals surface area contributed by atoms with Gasteiger partial charge in [0.2, 0.25) is 10.0 Å². The lowest BCUT2D eigenvalue weighted by Crippen LogP contribution is -2.36. The summed E-state index contributed by atoms with van der Waals surface area (Å²) in [5, 5.41) is 10.2. The van der Waals surface area contributed by atoms with Gasteiger partial charge in [0.05, 0.1) is 11.4 Å². The number of H-pyrrole nitrogens is 1. The first kappa shape index (κ1) is 16.5. The van der Waals surface area contributed by atoms with Crippen LogP contribution in [0.25, 0.3) is 0 Å². The van der Waals surface area contributed by atoms with Crippen molar-refractivity contribution in [2.45, 2.75) is 70.5 Å². The van der Waals surface area contributed by atoms with Crippen molar-refractivity contribution < 1.29 is 8.42 Å². The van der Waals surface area contributed by atoms with E-state index in [-0.39, 0.29) is 12.1 Å². The van der Waals surface area contributed by atoms with Gasteiger partial charge in [-0.1, -0.05) is 20.8 Å². The molecule has 6 nitrogen and oxygen atoms in total. The molecule has 1 saturated heterocycles. The second-order valence-electron chi connectivity index (χ2n) is 5.98. The monoisotopic (exact) mass is 314 g/mol. The molecule has 0 aromatic carbocycles. The van der Waals surface area contributed by atoms with Crippen molar-refractivity contribution in [2.24, 2.45) is 0 Å². The summed E-state index contributed by atoms with van der Waals surface area (Å²) in [6, 6.07) is 0.406. The van der Waals surface area contributed by atoms with Crippen LogP contribution in [0.1, 0.15) is 51.4 Å². The Hall–Kier alpha value is -0.920. The lowest BCUT2D eigenvalue weighted by atomic mass is 10.2. The van der Waals surface area contributed by atoms with Crippen LogP contribution in [-0.4, -0.2) is 41.5 Å². The van der Waals surface area contributed by atoms with E-state index < -0.39 is 10.0 Å². The average molecular weight is 314 g/mol. The van der Waals surface area contributed by atoms with Gasteiger partial charge in [-0.25, -0.2) is 8.42 Å². The molecule has 0 aliphatic carbocycles. The van der Waals surface area contributed by atoms with E-state index in [4.69, 9.17) is 0 Å². The van der Waals surface area contributed by atoms with E-state index >= 15 is 0 Å². The standard InChI is InChI=1S/C14H26N4O2S/c1-5-12-7-6-8-18(12)21(19,20)14-11(4)16-17-13(14)9-15-10(2)3/h10,12,15H,5-9H2,1-4H3,(H,16,17). The van der Waals surface area contributed by atoms with Crippen molar-refractivity contribution in [3.63, 3.8) is 0 Å². The zero-order valence-corrected chi connectivity index (χ0v) is 14.1. The smallest absolute Gasteiger partial charge is 0.247 e. The van der Waals surface area contributed by atoms with Gasteiger partial charge in [0, 0.05) is 25.2 Å². The second kappa shape index (κ2) is 6.46. The normalized spacial score (nSPS) is 20.5. The number of nitrogens with zero attached hydrogens (tertiary/aromatic N) is 2. The van der Waals surface area contributed by atoms with E-state index in [1.54, 1.807) is 11.2 Å². The van der Waals surface area contributed by atoms with Gasteiger partial charge < -0.3 is 5.32 Å². The van der Waals surface area contributed by atoms with Crippen molar-refractivity contribution >= 4 is 10.0 Å². The molecule has 21 heavy (non-hydrogen) atoms. The molecule has 0 saturated carbocycles. The maximum absolute atomic E-state index is 13.0. The fourth-order valence-electron chi connectivity index (χ4n) is 2.88. The molecule has 1 aliphatic rings. The molecular formula is C14H26N4O2S. The molecule has 2 N–H and O–H groups in total. The average Bonchev–Trinajstić information content (AvgIpc) is 3.02. The third-order valence-electron chi connectivity index (χ3n) is 4.00. The lowest BCUT2D eigenvalue weighted by Gasteiger charge is -2.23. The largest absolute Gasteiger partial charge is 0.309 e. The van der Waals surface area contributed by atoms with Crippen LogP contribution in [0.4, 0.5) is 0 Å². The molecule has 7 heteroatoms. The van der Waals surface area contributed by atoms with Gasteiger partial charge in [-0.2, -0.15) is 9.40 Å². The van der Waals surface area contributed by atoms with Gasteiger partial charge in [-0.15, -0.1) is 0 Å². The molecule has 1 aromatic heterocycles. The van der Waals surface area contributed by atoms with Gasteiger partial charge in [0.1, 0.15) is 4.90 Å². The SMILES string of the molecule is CCC1CCCN1S(=O)(=O)c1c(CNC(C)C)n[nH]c1C. The number of sulfonamides is 1. The minimum Gasteiger partial charge on any atom is -0.309 e. The van der Waals surface area contributed by atoms with Crippen molar-refractivity contribution in [2.75, 3.05) is 6.54 Å². The summed E-state index contributed by atoms with van der Waals surface area (Å²) < 4.78 is 27.6. The summed E-state index contributed by atoms with van der Waals surface area (Å²) in [5.74, 6) is 0. The maximum Gasteiger partial charge on any atom is 0.247 e. The number of rotatable bonds is 6. The van der Waals surface area contributed by atoms with Crippen LogP contribution in [0.15, 0.2) is 4.90 Å². The van der Waals surface area contributed by atoms with Crippen LogP contribution in [0.3, 0.4) is 0 Å². The van der Waals surface area contributed by atoms with E-state index in [1.807, 2.05) is 20.8 Å². The summed E-state index contributed by atoms with van der Waals surface area (Å²) in [7, 11) is -3.47. The van der Waals surface area contributed by atoms with E-state index in [0.717, 1.165) is 19.3 Å². The van der Waals surface area contributed by atoms with Crippen molar-refractivity contribution in [1.29, 1.82) is 0 Å². The highest BCUT2D eigenvalue weighted by molar-refractivity contribution is 7.89. The van der Waals surface area contributed by atoms with Crippen LogP contribution < -0.4 is 5.32 Å². The molecular weight excluding hydrogens is 288 g/mol. The molecule has 1 atom stereocenters. The van der Waals surface area contributed by atoms with E-state index in [9.17, 15) is 8.42 Å². The summed E-state index contributed by atoms with van der Waals surface area (Å²) in [6.45, 7) is 8.95. The van der Waals surface area contributed by atoms with Gasteiger partial charge >= 0.3 is 0 Å². The van der Waals surface area contributed by atoms with Crippen LogP contribution in [-0.2, 0) is 16.6 Å². The van der Waals surface area contributed by atoms with Crippen molar-refractivity contribution in [3.05, 3.63) is 11.4 Å². The van der Waals surface area contributed by atoms with Crippen molar-refractivity contribution in [3.8, 4) is 0 Å². The second-order valence-corrected chi connectivity index (χ2v) is 7.81. The van der Waals surface area contributed by atoms with Gasteiger partial charge in [0.15, 0.2) is 0 Å². The fraction of sp³-hybridized carbons (Fsp3) is 0.786. The van der Waals surface area contributed by atoms with Crippen molar-refractivity contribution in [1.82, 2.24) is 19.8 Å². The van der Waals surface area contributed by atoms with Crippen LogP contribution >= 0.6 is 0 Å². The zero-order chi connectivity index (χ0) is 15.6. The minimum atomic E-state index is -3.47. The molecule has 2 rings (SSSR count). The summed E-state index contributed by atoms with van der Waals surface area (Å²) in [6.07, 6.45) is 2.75. The summed E-state index contributed by atoms with van der Waals surface area (Å²) in [4.78, 5) is 0.357. The predicted octanol–water partition coefficient (Wildman–Crippen LogP) is 1.78. The highest BCUT2D eigenvalue weighted by Gasteiger charge is 2.37. The van der Waals surface area contributed by atoms with Crippen LogP contribution in [0.5, 0.6) is 0 Å². The highest BCUT2D eigenvalue weighted by Crippen LogP contribution is 2.30. The molecule has 0 amide bonds. The van der Waals surface area contributed by atoms with E-state index in [2.05, 4.69) is 15.5 Å². The summed E-state index contributed by atoms with van der Waals surface area (Å²) >= 11 is 0. The number of aryl methyl sites for hydroxylation is 1. The zero-order valence-electron chi connectivity index (χ0n) is 13.3. The van der Waals surface area contributed by atoms with Crippen LogP contribution in [0, 0.1) is 6.92 Å². The minimum absolute atomic E-state index is 0.121. The predicted molar refractivity (Wildman–Crippen MR) is 82.5 cm³/mol. The third-order valence-corrected chi connectivity index (χ3v) is 6.16. The van der Waals surface area contributed by atoms with Gasteiger partial charge in [-0.05, 0) is 26.2 Å². The molecule has 1 aromatic rings. The Bertz CT molecular complexity index is 580. The molecule has 1 unspecified atom stereocenters. The molecule has 0 radical (unpaired) electrons. The Morgan fingerprint density at radius 3 is 2.81 bits per heavy atom. The number of hydrogen-bond acceptors (Lipinski definition) is 4. The molecule has 120 valence electrons. The molecule has 2 heterocycles. The lowest BCUT2D eigenvalue weighted by molar-refractivity contribution is 0.379. The number of hydrogen-bond donors (Lipinski definition) is 2. The third kappa shape index (κ3) is 3.30. The molecule has 0 bridgehead atoms. The van der Waals surface area contributed by atoms with Crippen LogP contribution in [0.2, 0.25) is 0 Å². The number of aromatic amines is 1. The molecule has 1 fully saturated rings.